The van der Waals surface area contributed by atoms with E-state index in [0.29, 0.717) is 36.4 Å². The molecule has 1 aromatic carbocycles. The first-order chi connectivity index (χ1) is 13.5. The van der Waals surface area contributed by atoms with Gasteiger partial charge in [0.15, 0.2) is 11.5 Å². The van der Waals surface area contributed by atoms with Gasteiger partial charge in [-0.25, -0.2) is 0 Å². The number of nitrogens with zero attached hydrogens (tertiary/aromatic N) is 1. The molecule has 1 aliphatic rings. The molecule has 0 N–H and O–H groups in total. The molecule has 1 aliphatic heterocycles. The molecule has 0 spiro atoms. The van der Waals surface area contributed by atoms with Crippen molar-refractivity contribution in [1.29, 1.82) is 0 Å². The van der Waals surface area contributed by atoms with Crippen LogP contribution >= 0.6 is 0 Å². The molecule has 28 heavy (non-hydrogen) atoms. The van der Waals surface area contributed by atoms with E-state index in [1.165, 1.54) is 20.3 Å². The van der Waals surface area contributed by atoms with Crippen LogP contribution in [0.4, 0.5) is 0 Å². The molecule has 7 nitrogen and oxygen atoms in total. The van der Waals surface area contributed by atoms with Gasteiger partial charge in [-0.15, -0.1) is 0 Å². The molecule has 1 amide bonds. The number of piperidine rings is 1. The van der Waals surface area contributed by atoms with Gasteiger partial charge in [0, 0.05) is 24.2 Å². The zero-order valence-electron chi connectivity index (χ0n) is 16.0. The molecule has 0 saturated carbocycles. The third kappa shape index (κ3) is 4.42. The Kier molecular flexibility index (Phi) is 6.13. The van der Waals surface area contributed by atoms with E-state index in [-0.39, 0.29) is 30.0 Å². The Morgan fingerprint density at radius 1 is 1.25 bits per heavy atom. The topological polar surface area (TPSA) is 86.0 Å². The fourth-order valence-electron chi connectivity index (χ4n) is 3.29. The van der Waals surface area contributed by atoms with Crippen LogP contribution in [-0.4, -0.2) is 42.8 Å². The SMILES string of the molecule is COc1ccc(C(C)=O)cc1COC(=O)[C@H]1CCCN(C(=O)c2ccco2)C1. The van der Waals surface area contributed by atoms with Gasteiger partial charge >= 0.3 is 5.97 Å². The third-order valence-corrected chi connectivity index (χ3v) is 4.83. The Bertz CT molecular complexity index is 858. The van der Waals surface area contributed by atoms with Crippen molar-refractivity contribution in [2.45, 2.75) is 26.4 Å². The summed E-state index contributed by atoms with van der Waals surface area (Å²) in [7, 11) is 1.52. The quantitative estimate of drug-likeness (QED) is 0.561. The van der Waals surface area contributed by atoms with Crippen LogP contribution in [0, 0.1) is 5.92 Å². The van der Waals surface area contributed by atoms with Gasteiger partial charge in [-0.05, 0) is 50.1 Å². The van der Waals surface area contributed by atoms with Gasteiger partial charge in [0.05, 0.1) is 19.3 Å². The maximum absolute atomic E-state index is 12.6. The lowest BCUT2D eigenvalue weighted by Gasteiger charge is -2.31. The molecule has 7 heteroatoms. The summed E-state index contributed by atoms with van der Waals surface area (Å²) in [6.45, 7) is 2.36. The normalized spacial score (nSPS) is 16.5. The molecule has 0 radical (unpaired) electrons. The predicted molar refractivity (Wildman–Crippen MR) is 100 cm³/mol. The molecule has 2 heterocycles. The number of furan rings is 1. The molecular formula is C21H23NO6. The van der Waals surface area contributed by atoms with E-state index in [2.05, 4.69) is 0 Å². The molecular weight excluding hydrogens is 362 g/mol. The van der Waals surface area contributed by atoms with Crippen LogP contribution in [0.2, 0.25) is 0 Å². The maximum atomic E-state index is 12.6. The second kappa shape index (κ2) is 8.73. The number of amides is 1. The first-order valence-corrected chi connectivity index (χ1v) is 9.17. The van der Waals surface area contributed by atoms with Crippen LogP contribution in [0.1, 0.15) is 46.2 Å². The van der Waals surface area contributed by atoms with Crippen molar-refractivity contribution in [3.8, 4) is 5.75 Å². The maximum Gasteiger partial charge on any atom is 0.311 e. The molecule has 1 atom stereocenters. The van der Waals surface area contributed by atoms with Crippen LogP contribution in [0.15, 0.2) is 41.0 Å². The highest BCUT2D eigenvalue weighted by Crippen LogP contribution is 2.24. The Labute approximate surface area is 163 Å². The molecule has 0 bridgehead atoms. The molecule has 2 aromatic rings. The fraction of sp³-hybridized carbons (Fsp3) is 0.381. The molecule has 1 aromatic heterocycles. The number of hydrogen-bond donors (Lipinski definition) is 0. The second-order valence-corrected chi connectivity index (χ2v) is 6.76. The standard InChI is InChI=1S/C21H23NO6/c1-14(23)15-7-8-18(26-2)17(11-15)13-28-21(25)16-5-3-9-22(12-16)20(24)19-6-4-10-27-19/h4,6-8,10-11,16H,3,5,9,12-13H2,1-2H3/t16-/m0/s1. The largest absolute Gasteiger partial charge is 0.496 e. The van der Waals surface area contributed by atoms with E-state index in [4.69, 9.17) is 13.9 Å². The van der Waals surface area contributed by atoms with Crippen molar-refractivity contribution in [2.24, 2.45) is 5.92 Å². The van der Waals surface area contributed by atoms with Crippen LogP contribution in [0.3, 0.4) is 0 Å². The molecule has 1 saturated heterocycles. The highest BCUT2D eigenvalue weighted by atomic mass is 16.5. The summed E-state index contributed by atoms with van der Waals surface area (Å²) >= 11 is 0. The van der Waals surface area contributed by atoms with Crippen molar-refractivity contribution >= 4 is 17.7 Å². The number of hydrogen-bond acceptors (Lipinski definition) is 6. The zero-order chi connectivity index (χ0) is 20.1. The monoisotopic (exact) mass is 385 g/mol. The summed E-state index contributed by atoms with van der Waals surface area (Å²) in [5, 5.41) is 0. The molecule has 0 aliphatic carbocycles. The minimum atomic E-state index is -0.394. The smallest absolute Gasteiger partial charge is 0.311 e. The average molecular weight is 385 g/mol. The summed E-state index contributed by atoms with van der Waals surface area (Å²) in [6, 6.07) is 8.29. The molecule has 148 valence electrons. The van der Waals surface area contributed by atoms with E-state index >= 15 is 0 Å². The van der Waals surface area contributed by atoms with Crippen LogP contribution < -0.4 is 4.74 Å². The Balaban J connectivity index is 1.62. The van der Waals surface area contributed by atoms with Crippen molar-refractivity contribution in [2.75, 3.05) is 20.2 Å². The van der Waals surface area contributed by atoms with Gasteiger partial charge < -0.3 is 18.8 Å². The number of Topliss-reactive ketones (excluding diaryl/α,β-unsaturated/α-hetero) is 1. The fourth-order valence-corrected chi connectivity index (χ4v) is 3.29. The Morgan fingerprint density at radius 2 is 2.07 bits per heavy atom. The summed E-state index contributed by atoms with van der Waals surface area (Å²) in [5.74, 6) is -0.245. The van der Waals surface area contributed by atoms with E-state index in [0.717, 1.165) is 6.42 Å². The number of methoxy groups -OCH3 is 1. The van der Waals surface area contributed by atoms with E-state index < -0.39 is 5.92 Å². The number of carbonyl (C=O) groups is 3. The number of benzene rings is 1. The lowest BCUT2D eigenvalue weighted by Crippen LogP contribution is -2.42. The highest BCUT2D eigenvalue weighted by molar-refractivity contribution is 5.94. The molecule has 3 rings (SSSR count). The number of ether oxygens (including phenoxy) is 2. The second-order valence-electron chi connectivity index (χ2n) is 6.76. The summed E-state index contributed by atoms with van der Waals surface area (Å²) < 4.78 is 15.9. The zero-order valence-corrected chi connectivity index (χ0v) is 16.0. The minimum Gasteiger partial charge on any atom is -0.496 e. The van der Waals surface area contributed by atoms with Crippen molar-refractivity contribution in [1.82, 2.24) is 4.90 Å². The van der Waals surface area contributed by atoms with Gasteiger partial charge in [-0.1, -0.05) is 0 Å². The van der Waals surface area contributed by atoms with Crippen LogP contribution in [0.5, 0.6) is 5.75 Å². The van der Waals surface area contributed by atoms with Crippen LogP contribution in [0.25, 0.3) is 0 Å². The lowest BCUT2D eigenvalue weighted by molar-refractivity contribution is -0.151. The number of rotatable bonds is 6. The van der Waals surface area contributed by atoms with Crippen molar-refractivity contribution in [3.05, 3.63) is 53.5 Å². The summed E-state index contributed by atoms with van der Waals surface area (Å²) in [4.78, 5) is 38.2. The minimum absolute atomic E-state index is 0.00571. The Morgan fingerprint density at radius 3 is 2.75 bits per heavy atom. The van der Waals surface area contributed by atoms with E-state index in [9.17, 15) is 14.4 Å². The van der Waals surface area contributed by atoms with Gasteiger partial charge in [-0.2, -0.15) is 0 Å². The number of ketones is 1. The first-order valence-electron chi connectivity index (χ1n) is 9.17. The van der Waals surface area contributed by atoms with Crippen molar-refractivity contribution in [3.63, 3.8) is 0 Å². The number of esters is 1. The van der Waals surface area contributed by atoms with E-state index in [1.54, 1.807) is 35.2 Å². The summed E-state index contributed by atoms with van der Waals surface area (Å²) in [5.41, 5.74) is 1.16. The highest BCUT2D eigenvalue weighted by Gasteiger charge is 2.31. The predicted octanol–water partition coefficient (Wildman–Crippen LogP) is 3.09. The lowest BCUT2D eigenvalue weighted by atomic mass is 9.98. The van der Waals surface area contributed by atoms with Gasteiger partial charge in [0.25, 0.3) is 5.91 Å². The first kappa shape index (κ1) is 19.7. The van der Waals surface area contributed by atoms with Gasteiger partial charge in [-0.3, -0.25) is 14.4 Å². The van der Waals surface area contributed by atoms with E-state index in [1.807, 2.05) is 0 Å². The Hall–Kier alpha value is -3.09. The van der Waals surface area contributed by atoms with Crippen molar-refractivity contribution < 1.29 is 28.3 Å². The number of likely N-dealkylation sites (tertiary alicyclic amines) is 1. The number of carbonyl (C=O) groups excluding carboxylic acids is 3. The van der Waals surface area contributed by atoms with Crippen LogP contribution in [-0.2, 0) is 16.1 Å². The molecule has 0 unspecified atom stereocenters. The van der Waals surface area contributed by atoms with Gasteiger partial charge in [0.2, 0.25) is 0 Å². The summed E-state index contributed by atoms with van der Waals surface area (Å²) in [6.07, 6.45) is 2.83. The third-order valence-electron chi connectivity index (χ3n) is 4.83. The molecule has 1 fully saturated rings. The average Bonchev–Trinajstić information content (AvgIpc) is 3.26. The van der Waals surface area contributed by atoms with Gasteiger partial charge in [0.1, 0.15) is 12.4 Å².